The molecule has 1 amide bonds. The zero-order valence-corrected chi connectivity index (χ0v) is 15.9. The molecule has 0 fully saturated rings. The van der Waals surface area contributed by atoms with E-state index < -0.39 is 18.5 Å². The van der Waals surface area contributed by atoms with Crippen LogP contribution in [0.4, 0.5) is 0 Å². The minimum Gasteiger partial charge on any atom is -0.454 e. The summed E-state index contributed by atoms with van der Waals surface area (Å²) in [4.78, 5) is 25.8. The fourth-order valence-corrected chi connectivity index (χ4v) is 3.11. The Morgan fingerprint density at radius 2 is 2.19 bits per heavy atom. The van der Waals surface area contributed by atoms with Gasteiger partial charge in [-0.1, -0.05) is 29.8 Å². The van der Waals surface area contributed by atoms with Gasteiger partial charge in [0, 0.05) is 5.02 Å². The predicted octanol–water partition coefficient (Wildman–Crippen LogP) is 2.48. The zero-order chi connectivity index (χ0) is 19.2. The van der Waals surface area contributed by atoms with Crippen molar-refractivity contribution in [2.75, 3.05) is 6.61 Å². The molecule has 0 saturated carbocycles. The first-order chi connectivity index (χ1) is 13.0. The number of rotatable bonds is 7. The van der Waals surface area contributed by atoms with Gasteiger partial charge in [0.2, 0.25) is 5.82 Å². The van der Waals surface area contributed by atoms with Crippen LogP contribution in [-0.2, 0) is 20.9 Å². The summed E-state index contributed by atoms with van der Waals surface area (Å²) in [7, 11) is 0. The number of nitrogens with zero attached hydrogens (tertiary/aromatic N) is 4. The highest BCUT2D eigenvalue weighted by Crippen LogP contribution is 2.19. The number of amides is 1. The van der Waals surface area contributed by atoms with E-state index in [0.29, 0.717) is 10.8 Å². The molecule has 2 aromatic heterocycles. The van der Waals surface area contributed by atoms with Crippen LogP contribution in [-0.4, -0.2) is 38.7 Å². The maximum Gasteiger partial charge on any atom is 0.330 e. The summed E-state index contributed by atoms with van der Waals surface area (Å²) in [5.41, 5.74) is 0.857. The highest BCUT2D eigenvalue weighted by Gasteiger charge is 2.14. The summed E-state index contributed by atoms with van der Waals surface area (Å²) >= 11 is 7.41. The summed E-state index contributed by atoms with van der Waals surface area (Å²) in [6.07, 6.45) is 0. The molecule has 0 aliphatic carbocycles. The number of halogens is 1. The van der Waals surface area contributed by atoms with Crippen LogP contribution in [0.1, 0.15) is 18.5 Å². The minimum absolute atomic E-state index is 0.227. The SMILES string of the molecule is C[C@H](NC(=O)COC(=O)Cn1nnc(-c2cccs2)n1)c1cccc(Cl)c1. The fraction of sp³-hybridized carbons (Fsp3) is 0.235. The van der Waals surface area contributed by atoms with E-state index >= 15 is 0 Å². The van der Waals surface area contributed by atoms with Crippen molar-refractivity contribution >= 4 is 34.8 Å². The Hall–Kier alpha value is -2.78. The molecule has 0 aliphatic rings. The van der Waals surface area contributed by atoms with Gasteiger partial charge >= 0.3 is 5.97 Å². The molecular formula is C17H16ClN5O3S. The van der Waals surface area contributed by atoms with Crippen molar-refractivity contribution in [3.8, 4) is 10.7 Å². The van der Waals surface area contributed by atoms with Crippen LogP contribution >= 0.6 is 22.9 Å². The molecule has 0 spiro atoms. The molecule has 0 radical (unpaired) electrons. The third kappa shape index (κ3) is 5.35. The molecule has 10 heteroatoms. The van der Waals surface area contributed by atoms with E-state index in [1.54, 1.807) is 18.2 Å². The molecule has 27 heavy (non-hydrogen) atoms. The molecule has 2 heterocycles. The summed E-state index contributed by atoms with van der Waals surface area (Å²) in [5, 5.41) is 17.0. The summed E-state index contributed by atoms with van der Waals surface area (Å²) in [6.45, 7) is 1.20. The van der Waals surface area contributed by atoms with Crippen LogP contribution in [0.2, 0.25) is 5.02 Å². The predicted molar refractivity (Wildman–Crippen MR) is 100 cm³/mol. The van der Waals surface area contributed by atoms with Crippen LogP contribution in [0.5, 0.6) is 0 Å². The molecule has 0 saturated heterocycles. The van der Waals surface area contributed by atoms with E-state index in [2.05, 4.69) is 20.7 Å². The van der Waals surface area contributed by atoms with Crippen molar-refractivity contribution in [2.24, 2.45) is 0 Å². The second kappa shape index (κ2) is 8.74. The lowest BCUT2D eigenvalue weighted by molar-refractivity contribution is -0.149. The highest BCUT2D eigenvalue weighted by atomic mass is 35.5. The van der Waals surface area contributed by atoms with Gasteiger partial charge < -0.3 is 10.1 Å². The lowest BCUT2D eigenvalue weighted by Gasteiger charge is -2.14. The van der Waals surface area contributed by atoms with Gasteiger partial charge in [-0.25, -0.2) is 4.79 Å². The third-order valence-corrected chi connectivity index (χ3v) is 4.66. The third-order valence-electron chi connectivity index (χ3n) is 3.56. The number of carbonyl (C=O) groups is 2. The van der Waals surface area contributed by atoms with Gasteiger partial charge in [-0.2, -0.15) is 4.80 Å². The Labute approximate surface area is 164 Å². The van der Waals surface area contributed by atoms with E-state index in [9.17, 15) is 9.59 Å². The van der Waals surface area contributed by atoms with E-state index in [0.717, 1.165) is 15.2 Å². The molecule has 8 nitrogen and oxygen atoms in total. The first kappa shape index (κ1) is 19.0. The Bertz CT molecular complexity index is 928. The molecule has 1 atom stereocenters. The number of benzene rings is 1. The van der Waals surface area contributed by atoms with Gasteiger partial charge in [-0.3, -0.25) is 4.79 Å². The lowest BCUT2D eigenvalue weighted by atomic mass is 10.1. The average Bonchev–Trinajstić information content (AvgIpc) is 3.31. The molecule has 3 aromatic rings. The van der Waals surface area contributed by atoms with Gasteiger partial charge in [0.05, 0.1) is 10.9 Å². The topological polar surface area (TPSA) is 99.0 Å². The maximum atomic E-state index is 12.0. The second-order valence-corrected chi connectivity index (χ2v) is 7.01. The number of thiophene rings is 1. The molecular weight excluding hydrogens is 390 g/mol. The summed E-state index contributed by atoms with van der Waals surface area (Å²) < 4.78 is 4.97. The number of esters is 1. The highest BCUT2D eigenvalue weighted by molar-refractivity contribution is 7.13. The lowest BCUT2D eigenvalue weighted by Crippen LogP contribution is -2.31. The Balaban J connectivity index is 1.45. The van der Waals surface area contributed by atoms with Crippen molar-refractivity contribution in [1.29, 1.82) is 0 Å². The molecule has 0 unspecified atom stereocenters. The van der Waals surface area contributed by atoms with E-state index in [1.165, 1.54) is 11.3 Å². The molecule has 140 valence electrons. The van der Waals surface area contributed by atoms with Crippen LogP contribution in [0.15, 0.2) is 41.8 Å². The van der Waals surface area contributed by atoms with Crippen LogP contribution in [0.25, 0.3) is 10.7 Å². The Kier molecular flexibility index (Phi) is 6.15. The molecule has 1 N–H and O–H groups in total. The fourth-order valence-electron chi connectivity index (χ4n) is 2.26. The molecule has 1 aromatic carbocycles. The van der Waals surface area contributed by atoms with Gasteiger partial charge in [0.1, 0.15) is 0 Å². The number of ether oxygens (including phenoxy) is 1. The average molecular weight is 406 g/mol. The van der Waals surface area contributed by atoms with Crippen molar-refractivity contribution in [3.05, 3.63) is 52.4 Å². The maximum absolute atomic E-state index is 12.0. The van der Waals surface area contributed by atoms with Crippen molar-refractivity contribution < 1.29 is 14.3 Å². The van der Waals surface area contributed by atoms with Crippen LogP contribution in [0, 0.1) is 0 Å². The number of hydrogen-bond acceptors (Lipinski definition) is 7. The molecule has 3 rings (SSSR count). The van der Waals surface area contributed by atoms with Crippen LogP contribution in [0.3, 0.4) is 0 Å². The Morgan fingerprint density at radius 1 is 1.33 bits per heavy atom. The number of nitrogens with one attached hydrogen (secondary N) is 1. The second-order valence-electron chi connectivity index (χ2n) is 5.63. The standard InChI is InChI=1S/C17H16ClN5O3S/c1-11(12-4-2-5-13(18)8-12)19-15(24)10-26-16(25)9-23-21-17(20-22-23)14-6-3-7-27-14/h2-8,11H,9-10H2,1H3,(H,19,24)/t11-/m0/s1. The molecule has 0 aliphatic heterocycles. The zero-order valence-electron chi connectivity index (χ0n) is 14.3. The summed E-state index contributed by atoms with van der Waals surface area (Å²) in [5.74, 6) is -0.608. The largest absolute Gasteiger partial charge is 0.454 e. The normalized spacial score (nSPS) is 11.8. The van der Waals surface area contributed by atoms with Gasteiger partial charge in [0.15, 0.2) is 13.2 Å². The van der Waals surface area contributed by atoms with Crippen molar-refractivity contribution in [3.63, 3.8) is 0 Å². The molecule has 0 bridgehead atoms. The van der Waals surface area contributed by atoms with Crippen LogP contribution < -0.4 is 5.32 Å². The number of hydrogen-bond donors (Lipinski definition) is 1. The number of carbonyl (C=O) groups excluding carboxylic acids is 2. The van der Waals surface area contributed by atoms with Gasteiger partial charge in [0.25, 0.3) is 5.91 Å². The first-order valence-electron chi connectivity index (χ1n) is 8.03. The number of tetrazole rings is 1. The van der Waals surface area contributed by atoms with Crippen molar-refractivity contribution in [2.45, 2.75) is 19.5 Å². The van der Waals surface area contributed by atoms with Gasteiger partial charge in [-0.15, -0.1) is 21.5 Å². The Morgan fingerprint density at radius 3 is 2.93 bits per heavy atom. The minimum atomic E-state index is -0.629. The summed E-state index contributed by atoms with van der Waals surface area (Å²) in [6, 6.07) is 10.6. The van der Waals surface area contributed by atoms with E-state index in [4.69, 9.17) is 16.3 Å². The number of aromatic nitrogens is 4. The van der Waals surface area contributed by atoms with Crippen molar-refractivity contribution in [1.82, 2.24) is 25.5 Å². The monoisotopic (exact) mass is 405 g/mol. The van der Waals surface area contributed by atoms with E-state index in [1.807, 2.05) is 30.5 Å². The van der Waals surface area contributed by atoms with E-state index in [-0.39, 0.29) is 12.6 Å². The first-order valence-corrected chi connectivity index (χ1v) is 9.29. The smallest absolute Gasteiger partial charge is 0.330 e. The van der Waals surface area contributed by atoms with Gasteiger partial charge in [-0.05, 0) is 41.3 Å². The quantitative estimate of drug-likeness (QED) is 0.606.